The van der Waals surface area contributed by atoms with Gasteiger partial charge >= 0.3 is 0 Å². The molecule has 0 aliphatic carbocycles. The zero-order chi connectivity index (χ0) is 24.9. The molecule has 10 heteroatoms. The standard InChI is InChI=1S/C25H18Cl2FN3O2S2/c1-14(23(32)31-25-30-22(13-34-25)16-4-11-20(26)21(27)12-16)35-19-9-7-18(8-10-19)29-24(33)15-2-5-17(28)6-3-15/h2-14H,1H3,(H,29,33)(H,30,31,32). The molecule has 5 nitrogen and oxygen atoms in total. The van der Waals surface area contributed by atoms with Crippen LogP contribution in [0.1, 0.15) is 17.3 Å². The first-order valence-electron chi connectivity index (χ1n) is 10.3. The summed E-state index contributed by atoms with van der Waals surface area (Å²) < 4.78 is 13.0. The van der Waals surface area contributed by atoms with Crippen LogP contribution in [0.5, 0.6) is 0 Å². The van der Waals surface area contributed by atoms with Crippen molar-refractivity contribution >= 4 is 68.9 Å². The number of nitrogens with one attached hydrogen (secondary N) is 2. The molecule has 1 aromatic heterocycles. The minimum Gasteiger partial charge on any atom is -0.322 e. The van der Waals surface area contributed by atoms with E-state index < -0.39 is 5.82 Å². The number of benzene rings is 3. The van der Waals surface area contributed by atoms with Gasteiger partial charge in [0.2, 0.25) is 5.91 Å². The van der Waals surface area contributed by atoms with E-state index >= 15 is 0 Å². The van der Waals surface area contributed by atoms with Crippen LogP contribution in [0.4, 0.5) is 15.2 Å². The number of thioether (sulfide) groups is 1. The van der Waals surface area contributed by atoms with Crippen LogP contribution in [0, 0.1) is 5.82 Å². The smallest absolute Gasteiger partial charge is 0.255 e. The van der Waals surface area contributed by atoms with Crippen molar-refractivity contribution in [1.82, 2.24) is 4.98 Å². The van der Waals surface area contributed by atoms with Crippen LogP contribution in [0.2, 0.25) is 10.0 Å². The van der Waals surface area contributed by atoms with E-state index in [0.29, 0.717) is 32.1 Å². The van der Waals surface area contributed by atoms with Crippen LogP contribution in [0.3, 0.4) is 0 Å². The molecule has 2 N–H and O–H groups in total. The van der Waals surface area contributed by atoms with E-state index in [0.717, 1.165) is 10.5 Å². The molecule has 0 fully saturated rings. The van der Waals surface area contributed by atoms with Crippen molar-refractivity contribution in [3.8, 4) is 11.3 Å². The maximum absolute atomic E-state index is 13.0. The molecule has 4 aromatic rings. The van der Waals surface area contributed by atoms with E-state index in [1.54, 1.807) is 31.2 Å². The number of thiazole rings is 1. The minimum absolute atomic E-state index is 0.182. The number of amides is 2. The average Bonchev–Trinajstić information content (AvgIpc) is 3.31. The maximum atomic E-state index is 13.0. The topological polar surface area (TPSA) is 71.1 Å². The van der Waals surface area contributed by atoms with Crippen molar-refractivity contribution in [2.45, 2.75) is 17.1 Å². The van der Waals surface area contributed by atoms with E-state index in [1.807, 2.05) is 23.6 Å². The first-order valence-corrected chi connectivity index (χ1v) is 12.9. The number of rotatable bonds is 7. The molecular formula is C25H18Cl2FN3O2S2. The van der Waals surface area contributed by atoms with Gasteiger partial charge in [-0.3, -0.25) is 9.59 Å². The number of hydrogen-bond donors (Lipinski definition) is 2. The van der Waals surface area contributed by atoms with Crippen molar-refractivity contribution in [1.29, 1.82) is 0 Å². The fraction of sp³-hybridized carbons (Fsp3) is 0.0800. The lowest BCUT2D eigenvalue weighted by atomic mass is 10.2. The van der Waals surface area contributed by atoms with Crippen LogP contribution in [0.15, 0.2) is 77.0 Å². The molecule has 1 heterocycles. The Morgan fingerprint density at radius 2 is 1.69 bits per heavy atom. The first-order chi connectivity index (χ1) is 16.8. The summed E-state index contributed by atoms with van der Waals surface area (Å²) in [6.45, 7) is 1.80. The molecule has 1 unspecified atom stereocenters. The number of hydrogen-bond acceptors (Lipinski definition) is 5. The molecule has 1 atom stereocenters. The monoisotopic (exact) mass is 545 g/mol. The Balaban J connectivity index is 1.32. The van der Waals surface area contributed by atoms with Gasteiger partial charge in [0.15, 0.2) is 5.13 Å². The highest BCUT2D eigenvalue weighted by Gasteiger charge is 2.17. The third-order valence-corrected chi connectivity index (χ3v) is 7.46. The summed E-state index contributed by atoms with van der Waals surface area (Å²) in [5.41, 5.74) is 2.46. The van der Waals surface area contributed by atoms with E-state index in [4.69, 9.17) is 23.2 Å². The molecule has 0 saturated heterocycles. The van der Waals surface area contributed by atoms with Gasteiger partial charge in [-0.05, 0) is 67.6 Å². The van der Waals surface area contributed by atoms with Gasteiger partial charge in [-0.15, -0.1) is 23.1 Å². The molecule has 0 saturated carbocycles. The number of carbonyl (C=O) groups excluding carboxylic acids is 2. The van der Waals surface area contributed by atoms with Crippen LogP contribution in [-0.2, 0) is 4.79 Å². The third-order valence-electron chi connectivity index (χ3n) is 4.85. The normalized spacial score (nSPS) is 11.7. The SMILES string of the molecule is CC(Sc1ccc(NC(=O)c2ccc(F)cc2)cc1)C(=O)Nc1nc(-c2ccc(Cl)c(Cl)c2)cs1. The highest BCUT2D eigenvalue weighted by Crippen LogP contribution is 2.31. The third kappa shape index (κ3) is 6.61. The fourth-order valence-electron chi connectivity index (χ4n) is 3.01. The summed E-state index contributed by atoms with van der Waals surface area (Å²) in [6, 6.07) is 17.7. The minimum atomic E-state index is -0.400. The Morgan fingerprint density at radius 3 is 2.37 bits per heavy atom. The molecule has 0 aliphatic heterocycles. The molecule has 0 spiro atoms. The van der Waals surface area contributed by atoms with Crippen LogP contribution in [-0.4, -0.2) is 22.0 Å². The second kappa shape index (κ2) is 11.2. The van der Waals surface area contributed by atoms with Crippen LogP contribution in [0.25, 0.3) is 11.3 Å². The second-order valence-corrected chi connectivity index (χ2v) is 10.5. The van der Waals surface area contributed by atoms with Crippen molar-refractivity contribution in [2.24, 2.45) is 0 Å². The Bertz CT molecular complexity index is 1360. The van der Waals surface area contributed by atoms with Gasteiger partial charge < -0.3 is 10.6 Å². The number of aromatic nitrogens is 1. The molecule has 35 heavy (non-hydrogen) atoms. The number of carbonyl (C=O) groups is 2. The summed E-state index contributed by atoms with van der Waals surface area (Å²) in [7, 11) is 0. The Morgan fingerprint density at radius 1 is 0.971 bits per heavy atom. The molecule has 4 rings (SSSR count). The highest BCUT2D eigenvalue weighted by molar-refractivity contribution is 8.00. The van der Waals surface area contributed by atoms with Crippen molar-refractivity contribution < 1.29 is 14.0 Å². The summed E-state index contributed by atoms with van der Waals surface area (Å²) >= 11 is 14.7. The Labute approximate surface area is 219 Å². The lowest BCUT2D eigenvalue weighted by Gasteiger charge is -2.11. The number of halogens is 3. The highest BCUT2D eigenvalue weighted by atomic mass is 35.5. The van der Waals surface area contributed by atoms with Gasteiger partial charge in [0.1, 0.15) is 5.82 Å². The summed E-state index contributed by atoms with van der Waals surface area (Å²) in [6.07, 6.45) is 0. The molecule has 2 amide bonds. The largest absolute Gasteiger partial charge is 0.322 e. The first kappa shape index (κ1) is 25.2. The number of nitrogens with zero attached hydrogens (tertiary/aromatic N) is 1. The van der Waals surface area contributed by atoms with Crippen molar-refractivity contribution in [2.75, 3.05) is 10.6 Å². The van der Waals surface area contributed by atoms with E-state index in [2.05, 4.69) is 15.6 Å². The quantitative estimate of drug-likeness (QED) is 0.234. The second-order valence-electron chi connectivity index (χ2n) is 7.40. The predicted octanol–water partition coefficient (Wildman–Crippen LogP) is 7.63. The fourth-order valence-corrected chi connectivity index (χ4v) is 4.89. The van der Waals surface area contributed by atoms with Crippen LogP contribution < -0.4 is 10.6 Å². The van der Waals surface area contributed by atoms with E-state index in [1.165, 1.54) is 47.4 Å². The maximum Gasteiger partial charge on any atom is 0.255 e. The number of anilines is 2. The lowest BCUT2D eigenvalue weighted by Crippen LogP contribution is -2.22. The molecular weight excluding hydrogens is 528 g/mol. The van der Waals surface area contributed by atoms with E-state index in [-0.39, 0.29) is 17.1 Å². The van der Waals surface area contributed by atoms with Gasteiger partial charge in [0.25, 0.3) is 5.91 Å². The molecule has 0 aliphatic rings. The Kier molecular flexibility index (Phi) is 8.07. The summed E-state index contributed by atoms with van der Waals surface area (Å²) in [4.78, 5) is 30.3. The molecule has 178 valence electrons. The lowest BCUT2D eigenvalue weighted by molar-refractivity contribution is -0.115. The van der Waals surface area contributed by atoms with Crippen molar-refractivity contribution in [3.63, 3.8) is 0 Å². The van der Waals surface area contributed by atoms with E-state index in [9.17, 15) is 14.0 Å². The van der Waals surface area contributed by atoms with Gasteiger partial charge in [0, 0.05) is 27.1 Å². The van der Waals surface area contributed by atoms with Crippen LogP contribution >= 0.6 is 46.3 Å². The van der Waals surface area contributed by atoms with Gasteiger partial charge in [-0.25, -0.2) is 9.37 Å². The molecule has 0 radical (unpaired) electrons. The van der Waals surface area contributed by atoms with Gasteiger partial charge in [0.05, 0.1) is 21.0 Å². The van der Waals surface area contributed by atoms with Gasteiger partial charge in [-0.1, -0.05) is 29.3 Å². The Hall–Kier alpha value is -2.91. The molecule has 0 bridgehead atoms. The summed E-state index contributed by atoms with van der Waals surface area (Å²) in [5, 5.41) is 8.46. The van der Waals surface area contributed by atoms with Crippen molar-refractivity contribution in [3.05, 3.63) is 93.5 Å². The average molecular weight is 546 g/mol. The predicted molar refractivity (Wildman–Crippen MR) is 142 cm³/mol. The molecule has 3 aromatic carbocycles. The zero-order valence-electron chi connectivity index (χ0n) is 18.2. The zero-order valence-corrected chi connectivity index (χ0v) is 21.4. The summed E-state index contributed by atoms with van der Waals surface area (Å²) in [5.74, 6) is -0.914. The van der Waals surface area contributed by atoms with Gasteiger partial charge in [-0.2, -0.15) is 0 Å².